The van der Waals surface area contributed by atoms with Crippen LogP contribution in [0.15, 0.2) is 20.8 Å². The molecule has 1 N–H and O–H groups in total. The summed E-state index contributed by atoms with van der Waals surface area (Å²) in [5.74, 6) is 1.58. The Kier molecular flexibility index (Phi) is 4.70. The number of fused-ring (bicyclic) bond motifs is 1. The van der Waals surface area contributed by atoms with Crippen LogP contribution < -0.4 is 5.56 Å². The van der Waals surface area contributed by atoms with Crippen molar-refractivity contribution in [2.24, 2.45) is 0 Å². The molecule has 0 radical (unpaired) electrons. The Hall–Kier alpha value is -2.55. The number of rotatable bonds is 6. The minimum absolute atomic E-state index is 0.0284. The quantitative estimate of drug-likeness (QED) is 0.727. The number of aromatic nitrogens is 4. The Balaban J connectivity index is 1.55. The molecule has 24 heavy (non-hydrogen) atoms. The minimum atomic E-state index is -0.169. The molecule has 0 saturated heterocycles. The molecule has 0 aliphatic rings. The topological polar surface area (TPSA) is 105 Å². The number of aryl methyl sites for hydroxylation is 2. The molecular formula is C15H17N5O3S. The summed E-state index contributed by atoms with van der Waals surface area (Å²) in [6.45, 7) is 2.02. The molecule has 0 bridgehead atoms. The maximum atomic E-state index is 12.2. The average molecular weight is 347 g/mol. The third-order valence-corrected chi connectivity index (χ3v) is 4.43. The summed E-state index contributed by atoms with van der Waals surface area (Å²) in [7, 11) is 1.69. The van der Waals surface area contributed by atoms with Crippen LogP contribution in [0.2, 0.25) is 0 Å². The van der Waals surface area contributed by atoms with Gasteiger partial charge in [0.1, 0.15) is 10.5 Å². The molecule has 3 aromatic rings. The van der Waals surface area contributed by atoms with Gasteiger partial charge in [-0.05, 0) is 24.8 Å². The van der Waals surface area contributed by atoms with Crippen molar-refractivity contribution in [3.8, 4) is 0 Å². The normalized spacial score (nSPS) is 11.1. The first kappa shape index (κ1) is 16.3. The van der Waals surface area contributed by atoms with Gasteiger partial charge in [0.25, 0.3) is 5.56 Å². The van der Waals surface area contributed by atoms with Gasteiger partial charge < -0.3 is 14.4 Å². The first-order chi connectivity index (χ1) is 11.5. The van der Waals surface area contributed by atoms with Gasteiger partial charge in [-0.3, -0.25) is 9.59 Å². The van der Waals surface area contributed by atoms with E-state index in [2.05, 4.69) is 20.1 Å². The summed E-state index contributed by atoms with van der Waals surface area (Å²) in [5, 5.41) is 5.54. The Morgan fingerprint density at radius 3 is 3.00 bits per heavy atom. The number of nitrogens with zero attached hydrogens (tertiary/aromatic N) is 4. The monoisotopic (exact) mass is 347 g/mol. The molecule has 0 spiro atoms. The summed E-state index contributed by atoms with van der Waals surface area (Å²) in [6.07, 6.45) is 1.55. The van der Waals surface area contributed by atoms with E-state index in [4.69, 9.17) is 4.52 Å². The Morgan fingerprint density at radius 1 is 1.42 bits per heavy atom. The van der Waals surface area contributed by atoms with E-state index in [1.165, 1.54) is 11.3 Å². The van der Waals surface area contributed by atoms with Gasteiger partial charge in [-0.2, -0.15) is 4.98 Å². The van der Waals surface area contributed by atoms with Crippen LogP contribution in [-0.4, -0.2) is 38.0 Å². The first-order valence-corrected chi connectivity index (χ1v) is 8.40. The molecule has 0 atom stereocenters. The van der Waals surface area contributed by atoms with E-state index >= 15 is 0 Å². The number of carbonyl (C=O) groups is 1. The standard InChI is InChI=1S/C15H17N5O3S/c1-9-16-12(23-19-9)4-3-5-13(21)20(2)8-11-17-10-6-7-24-14(10)15(22)18-11/h6-7H,3-5,8H2,1-2H3,(H,17,18,22). The molecule has 3 rings (SSSR count). The molecule has 0 aliphatic heterocycles. The molecule has 0 aliphatic carbocycles. The molecule has 3 heterocycles. The highest BCUT2D eigenvalue weighted by atomic mass is 32.1. The van der Waals surface area contributed by atoms with Crippen molar-refractivity contribution in [1.29, 1.82) is 0 Å². The summed E-state index contributed by atoms with van der Waals surface area (Å²) in [4.78, 5) is 36.9. The maximum absolute atomic E-state index is 12.2. The van der Waals surface area contributed by atoms with E-state index in [1.807, 2.05) is 5.38 Å². The van der Waals surface area contributed by atoms with Crippen LogP contribution in [0.1, 0.15) is 30.4 Å². The second kappa shape index (κ2) is 6.91. The highest BCUT2D eigenvalue weighted by molar-refractivity contribution is 7.17. The zero-order valence-corrected chi connectivity index (χ0v) is 14.2. The third-order valence-electron chi connectivity index (χ3n) is 3.53. The molecule has 126 valence electrons. The summed E-state index contributed by atoms with van der Waals surface area (Å²) < 4.78 is 5.61. The van der Waals surface area contributed by atoms with Crippen molar-refractivity contribution >= 4 is 27.5 Å². The van der Waals surface area contributed by atoms with Gasteiger partial charge in [0, 0.05) is 19.9 Å². The third kappa shape index (κ3) is 3.67. The van der Waals surface area contributed by atoms with Gasteiger partial charge in [-0.1, -0.05) is 5.16 Å². The van der Waals surface area contributed by atoms with Gasteiger partial charge in [0.15, 0.2) is 5.82 Å². The lowest BCUT2D eigenvalue weighted by Crippen LogP contribution is -2.28. The lowest BCUT2D eigenvalue weighted by Gasteiger charge is -2.16. The van der Waals surface area contributed by atoms with Crippen molar-refractivity contribution in [1.82, 2.24) is 25.0 Å². The smallest absolute Gasteiger partial charge is 0.268 e. The molecule has 0 unspecified atom stereocenters. The maximum Gasteiger partial charge on any atom is 0.268 e. The summed E-state index contributed by atoms with van der Waals surface area (Å²) >= 11 is 1.35. The Labute approximate surface area is 141 Å². The van der Waals surface area contributed by atoms with E-state index in [9.17, 15) is 9.59 Å². The van der Waals surface area contributed by atoms with E-state index in [-0.39, 0.29) is 18.0 Å². The molecule has 3 aromatic heterocycles. The van der Waals surface area contributed by atoms with Crippen molar-refractivity contribution < 1.29 is 9.32 Å². The van der Waals surface area contributed by atoms with Crippen LogP contribution in [0.25, 0.3) is 10.2 Å². The molecule has 0 aromatic carbocycles. The highest BCUT2D eigenvalue weighted by Gasteiger charge is 2.13. The molecule has 1 amide bonds. The second-order valence-corrected chi connectivity index (χ2v) is 6.40. The highest BCUT2D eigenvalue weighted by Crippen LogP contribution is 2.14. The fraction of sp³-hybridized carbons (Fsp3) is 0.400. The van der Waals surface area contributed by atoms with Crippen LogP contribution in [0.3, 0.4) is 0 Å². The van der Waals surface area contributed by atoms with Crippen LogP contribution in [-0.2, 0) is 17.8 Å². The zero-order chi connectivity index (χ0) is 17.1. The number of amides is 1. The minimum Gasteiger partial charge on any atom is -0.339 e. The van der Waals surface area contributed by atoms with Crippen LogP contribution >= 0.6 is 11.3 Å². The van der Waals surface area contributed by atoms with E-state index < -0.39 is 0 Å². The van der Waals surface area contributed by atoms with Crippen molar-refractivity contribution in [2.45, 2.75) is 32.7 Å². The Bertz CT molecular complexity index is 913. The fourth-order valence-electron chi connectivity index (χ4n) is 2.33. The number of thiophene rings is 1. The number of H-pyrrole nitrogens is 1. The van der Waals surface area contributed by atoms with Crippen molar-refractivity contribution in [2.75, 3.05) is 7.05 Å². The molecule has 0 saturated carbocycles. The molecular weight excluding hydrogens is 330 g/mol. The number of hydrogen-bond acceptors (Lipinski definition) is 7. The number of aromatic amines is 1. The average Bonchev–Trinajstić information content (AvgIpc) is 3.16. The summed E-state index contributed by atoms with van der Waals surface area (Å²) in [6, 6.07) is 1.80. The lowest BCUT2D eigenvalue weighted by atomic mass is 10.2. The van der Waals surface area contributed by atoms with Crippen LogP contribution in [0, 0.1) is 6.92 Å². The van der Waals surface area contributed by atoms with Gasteiger partial charge in [-0.15, -0.1) is 11.3 Å². The van der Waals surface area contributed by atoms with Crippen molar-refractivity contribution in [3.05, 3.63) is 39.3 Å². The SMILES string of the molecule is Cc1noc(CCCC(=O)N(C)Cc2nc3ccsc3c(=O)[nH]2)n1. The predicted octanol–water partition coefficient (Wildman–Crippen LogP) is 1.66. The van der Waals surface area contributed by atoms with Gasteiger partial charge in [0.2, 0.25) is 11.8 Å². The van der Waals surface area contributed by atoms with Gasteiger partial charge in [-0.25, -0.2) is 4.98 Å². The van der Waals surface area contributed by atoms with Crippen LogP contribution in [0.4, 0.5) is 0 Å². The Morgan fingerprint density at radius 2 is 2.25 bits per heavy atom. The first-order valence-electron chi connectivity index (χ1n) is 7.52. The number of hydrogen-bond donors (Lipinski definition) is 1. The fourth-order valence-corrected chi connectivity index (χ4v) is 3.06. The summed E-state index contributed by atoms with van der Waals surface area (Å²) in [5.41, 5.74) is 0.490. The molecule has 9 heteroatoms. The zero-order valence-electron chi connectivity index (χ0n) is 13.4. The van der Waals surface area contributed by atoms with Crippen LogP contribution in [0.5, 0.6) is 0 Å². The number of nitrogens with one attached hydrogen (secondary N) is 1. The van der Waals surface area contributed by atoms with E-state index in [0.29, 0.717) is 47.0 Å². The largest absolute Gasteiger partial charge is 0.339 e. The van der Waals surface area contributed by atoms with E-state index in [1.54, 1.807) is 24.9 Å². The predicted molar refractivity (Wildman–Crippen MR) is 88.7 cm³/mol. The second-order valence-electron chi connectivity index (χ2n) is 5.49. The molecule has 0 fully saturated rings. The lowest BCUT2D eigenvalue weighted by molar-refractivity contribution is -0.130. The van der Waals surface area contributed by atoms with Gasteiger partial charge in [0.05, 0.1) is 12.1 Å². The van der Waals surface area contributed by atoms with Crippen molar-refractivity contribution in [3.63, 3.8) is 0 Å². The van der Waals surface area contributed by atoms with E-state index in [0.717, 1.165) is 0 Å². The molecule has 8 nitrogen and oxygen atoms in total. The van der Waals surface area contributed by atoms with Gasteiger partial charge >= 0.3 is 0 Å². The number of carbonyl (C=O) groups excluding carboxylic acids is 1.